The highest BCUT2D eigenvalue weighted by atomic mass is 35.5. The van der Waals surface area contributed by atoms with Crippen LogP contribution in [0.15, 0.2) is 24.4 Å². The van der Waals surface area contributed by atoms with Gasteiger partial charge in [-0.05, 0) is 44.1 Å². The summed E-state index contributed by atoms with van der Waals surface area (Å²) in [6.45, 7) is 1.41. The number of thiophene rings is 1. The van der Waals surface area contributed by atoms with Crippen molar-refractivity contribution in [1.29, 1.82) is 5.26 Å². The molecule has 0 radical (unpaired) electrons. The van der Waals surface area contributed by atoms with Gasteiger partial charge in [0.1, 0.15) is 29.0 Å². The van der Waals surface area contributed by atoms with E-state index in [9.17, 15) is 9.65 Å². The van der Waals surface area contributed by atoms with Crippen LogP contribution in [0.2, 0.25) is 5.02 Å². The van der Waals surface area contributed by atoms with E-state index in [2.05, 4.69) is 14.9 Å². The van der Waals surface area contributed by atoms with Crippen LogP contribution in [-0.4, -0.2) is 41.1 Å². The van der Waals surface area contributed by atoms with Crippen LogP contribution < -0.4 is 10.5 Å². The number of anilines is 1. The summed E-state index contributed by atoms with van der Waals surface area (Å²) in [5.41, 5.74) is 6.33. The topological polar surface area (TPSA) is 88.1 Å². The third kappa shape index (κ3) is 3.64. The lowest BCUT2D eigenvalue weighted by atomic mass is 9.97. The zero-order chi connectivity index (χ0) is 23.3. The minimum Gasteiger partial charge on any atom is -0.462 e. The Balaban J connectivity index is 1.64. The summed E-state index contributed by atoms with van der Waals surface area (Å²) in [6.07, 6.45) is 3.57. The lowest BCUT2D eigenvalue weighted by Gasteiger charge is -2.19. The Hall–Kier alpha value is -3.06. The van der Waals surface area contributed by atoms with Gasteiger partial charge in [0.2, 0.25) is 0 Å². The Bertz CT molecular complexity index is 1450. The van der Waals surface area contributed by atoms with Gasteiger partial charge in [0.15, 0.2) is 5.82 Å². The minimum atomic E-state index is -0.704. The van der Waals surface area contributed by atoms with E-state index >= 15 is 4.39 Å². The summed E-state index contributed by atoms with van der Waals surface area (Å²) in [5.74, 6) is -1.25. The van der Waals surface area contributed by atoms with E-state index in [0.29, 0.717) is 12.0 Å². The molecule has 1 unspecified atom stereocenters. The summed E-state index contributed by atoms with van der Waals surface area (Å²) in [7, 11) is 2.03. The highest BCUT2D eigenvalue weighted by Gasteiger charge is 2.24. The number of halogens is 3. The van der Waals surface area contributed by atoms with Gasteiger partial charge in [-0.15, -0.1) is 11.3 Å². The second-order valence-corrected chi connectivity index (χ2v) is 9.44. The van der Waals surface area contributed by atoms with Gasteiger partial charge in [-0.25, -0.2) is 13.8 Å². The Morgan fingerprint density at radius 2 is 2.21 bits per heavy atom. The fourth-order valence-electron chi connectivity index (χ4n) is 4.27. The maximum absolute atomic E-state index is 15.8. The van der Waals surface area contributed by atoms with Crippen molar-refractivity contribution in [2.75, 3.05) is 25.9 Å². The van der Waals surface area contributed by atoms with E-state index in [1.165, 1.54) is 18.3 Å². The number of ether oxygens (including phenoxy) is 1. The molecule has 10 heteroatoms. The molecule has 1 atom stereocenters. The van der Waals surface area contributed by atoms with Gasteiger partial charge in [-0.2, -0.15) is 10.2 Å². The van der Waals surface area contributed by atoms with Gasteiger partial charge in [0.05, 0.1) is 15.3 Å². The second-order valence-electron chi connectivity index (χ2n) is 7.98. The standard InChI is InChI=1S/C23H18ClF2N5OS/c1-31-6-2-3-12(31)10-32-23-29-9-11-7-15(24)18(19(26)20(11)30-23)13-4-5-16(25)21-17(13)14(8-27)22(28)33-21/h4-5,7,9,12H,2-3,6,10,28H2,1H3. The van der Waals surface area contributed by atoms with Crippen LogP contribution in [0.5, 0.6) is 6.01 Å². The molecule has 2 aromatic heterocycles. The predicted octanol–water partition coefficient (Wildman–Crippen LogP) is 5.37. The first kappa shape index (κ1) is 21.8. The number of aromatic nitrogens is 2. The molecule has 1 aliphatic rings. The SMILES string of the molecule is CN1CCCC1COc1ncc2cc(Cl)c(-c3ccc(F)c4sc(N)c(C#N)c34)c(F)c2n1. The zero-order valence-electron chi connectivity index (χ0n) is 17.5. The van der Waals surface area contributed by atoms with Gasteiger partial charge in [-0.1, -0.05) is 17.7 Å². The van der Waals surface area contributed by atoms with Gasteiger partial charge in [-0.3, -0.25) is 0 Å². The molecule has 168 valence electrons. The quantitative estimate of drug-likeness (QED) is 0.418. The zero-order valence-corrected chi connectivity index (χ0v) is 19.1. The molecule has 0 saturated carbocycles. The number of nitrogens with two attached hydrogens (primary N) is 1. The largest absolute Gasteiger partial charge is 0.462 e. The van der Waals surface area contributed by atoms with Crippen molar-refractivity contribution in [2.24, 2.45) is 0 Å². The number of hydrogen-bond acceptors (Lipinski definition) is 7. The normalized spacial score (nSPS) is 16.5. The lowest BCUT2D eigenvalue weighted by molar-refractivity contribution is 0.188. The second kappa shape index (κ2) is 8.37. The first-order chi connectivity index (χ1) is 15.9. The average Bonchev–Trinajstić information content (AvgIpc) is 3.36. The summed E-state index contributed by atoms with van der Waals surface area (Å²) in [4.78, 5) is 10.7. The van der Waals surface area contributed by atoms with Gasteiger partial charge in [0.25, 0.3) is 0 Å². The molecule has 2 aromatic carbocycles. The number of nitrogens with zero attached hydrogens (tertiary/aromatic N) is 4. The first-order valence-electron chi connectivity index (χ1n) is 10.3. The average molecular weight is 486 g/mol. The number of likely N-dealkylation sites (tertiary alicyclic amines) is 1. The molecule has 6 nitrogen and oxygen atoms in total. The third-order valence-electron chi connectivity index (χ3n) is 6.02. The van der Waals surface area contributed by atoms with Crippen molar-refractivity contribution in [3.63, 3.8) is 0 Å². The van der Waals surface area contributed by atoms with Crippen LogP contribution in [0.3, 0.4) is 0 Å². The van der Waals surface area contributed by atoms with Gasteiger partial charge in [0, 0.05) is 28.6 Å². The predicted molar refractivity (Wildman–Crippen MR) is 126 cm³/mol. The number of hydrogen-bond donors (Lipinski definition) is 1. The van der Waals surface area contributed by atoms with Crippen molar-refractivity contribution >= 4 is 48.9 Å². The molecule has 0 spiro atoms. The molecule has 3 heterocycles. The van der Waals surface area contributed by atoms with Crippen LogP contribution >= 0.6 is 22.9 Å². The molecular weight excluding hydrogens is 468 g/mol. The van der Waals surface area contributed by atoms with E-state index in [4.69, 9.17) is 22.1 Å². The van der Waals surface area contributed by atoms with Crippen LogP contribution in [0.25, 0.3) is 32.1 Å². The maximum Gasteiger partial charge on any atom is 0.317 e. The monoisotopic (exact) mass is 485 g/mol. The Kier molecular flexibility index (Phi) is 5.52. The van der Waals surface area contributed by atoms with E-state index in [1.54, 1.807) is 6.07 Å². The summed E-state index contributed by atoms with van der Waals surface area (Å²) >= 11 is 7.39. The van der Waals surface area contributed by atoms with Crippen molar-refractivity contribution in [1.82, 2.24) is 14.9 Å². The number of rotatable bonds is 4. The van der Waals surface area contributed by atoms with Gasteiger partial charge < -0.3 is 15.4 Å². The Morgan fingerprint density at radius 3 is 2.94 bits per heavy atom. The van der Waals surface area contributed by atoms with Crippen molar-refractivity contribution in [3.05, 3.63) is 46.6 Å². The number of likely N-dealkylation sites (N-methyl/N-ethyl adjacent to an activating group) is 1. The molecule has 1 fully saturated rings. The van der Waals surface area contributed by atoms with Crippen LogP contribution in [0.1, 0.15) is 18.4 Å². The smallest absolute Gasteiger partial charge is 0.317 e. The number of nitrogen functional groups attached to an aromatic ring is 1. The van der Waals surface area contributed by atoms with Crippen LogP contribution in [0.4, 0.5) is 13.8 Å². The number of nitriles is 1. The molecule has 1 saturated heterocycles. The van der Waals surface area contributed by atoms with E-state index < -0.39 is 11.6 Å². The van der Waals surface area contributed by atoms with Crippen molar-refractivity contribution in [2.45, 2.75) is 18.9 Å². The molecule has 4 aromatic rings. The summed E-state index contributed by atoms with van der Waals surface area (Å²) in [5, 5.41) is 10.4. The van der Waals surface area contributed by atoms with E-state index in [1.807, 2.05) is 13.1 Å². The van der Waals surface area contributed by atoms with E-state index in [-0.39, 0.29) is 54.4 Å². The molecule has 2 N–H and O–H groups in total. The fourth-order valence-corrected chi connectivity index (χ4v) is 5.53. The molecular formula is C23H18ClF2N5OS. The molecule has 33 heavy (non-hydrogen) atoms. The van der Waals surface area contributed by atoms with Crippen LogP contribution in [0, 0.1) is 23.0 Å². The molecule has 0 bridgehead atoms. The number of benzene rings is 2. The van der Waals surface area contributed by atoms with Crippen molar-refractivity contribution in [3.8, 4) is 23.2 Å². The molecule has 5 rings (SSSR count). The van der Waals surface area contributed by atoms with Crippen molar-refractivity contribution < 1.29 is 13.5 Å². The number of fused-ring (bicyclic) bond motifs is 2. The van der Waals surface area contributed by atoms with Crippen LogP contribution in [-0.2, 0) is 0 Å². The van der Waals surface area contributed by atoms with E-state index in [0.717, 1.165) is 30.7 Å². The molecule has 1 aliphatic heterocycles. The highest BCUT2D eigenvalue weighted by molar-refractivity contribution is 7.23. The fraction of sp³-hybridized carbons (Fsp3) is 0.261. The Labute approximate surface area is 197 Å². The Morgan fingerprint density at radius 1 is 1.39 bits per heavy atom. The molecule has 0 aliphatic carbocycles. The first-order valence-corrected chi connectivity index (χ1v) is 11.5. The summed E-state index contributed by atoms with van der Waals surface area (Å²) < 4.78 is 36.2. The summed E-state index contributed by atoms with van der Waals surface area (Å²) in [6, 6.07) is 6.47. The lowest BCUT2D eigenvalue weighted by Crippen LogP contribution is -2.30. The highest BCUT2D eigenvalue weighted by Crippen LogP contribution is 2.44. The van der Waals surface area contributed by atoms with Gasteiger partial charge >= 0.3 is 6.01 Å². The minimum absolute atomic E-state index is 0.0173. The molecule has 0 amide bonds. The third-order valence-corrected chi connectivity index (χ3v) is 7.34. The maximum atomic E-state index is 15.8.